The van der Waals surface area contributed by atoms with Crippen molar-refractivity contribution < 1.29 is 4.79 Å². The lowest BCUT2D eigenvalue weighted by Crippen LogP contribution is -2.15. The number of aromatic nitrogens is 3. The molecule has 0 saturated carbocycles. The molecular weight excluding hydrogens is 312 g/mol. The lowest BCUT2D eigenvalue weighted by molar-refractivity contribution is -0.116. The Labute approximate surface area is 147 Å². The van der Waals surface area contributed by atoms with Crippen LogP contribution in [0.2, 0.25) is 0 Å². The topological polar surface area (TPSA) is 59.8 Å². The van der Waals surface area contributed by atoms with Crippen LogP contribution in [0, 0.1) is 6.92 Å². The fraction of sp³-hybridized carbons (Fsp3) is 0.250. The number of rotatable bonds is 6. The van der Waals surface area contributed by atoms with E-state index in [0.717, 1.165) is 23.5 Å². The Bertz CT molecular complexity index is 838. The predicted molar refractivity (Wildman–Crippen MR) is 99.3 cm³/mol. The van der Waals surface area contributed by atoms with Gasteiger partial charge in [0.2, 0.25) is 5.91 Å². The molecule has 0 saturated heterocycles. The molecule has 0 radical (unpaired) electrons. The molecule has 5 nitrogen and oxygen atoms in total. The van der Waals surface area contributed by atoms with Gasteiger partial charge in [-0.25, -0.2) is 4.68 Å². The lowest BCUT2D eigenvalue weighted by atomic mass is 10.1. The van der Waals surface area contributed by atoms with E-state index in [2.05, 4.69) is 46.6 Å². The van der Waals surface area contributed by atoms with Gasteiger partial charge in [-0.2, -0.15) is 5.10 Å². The molecule has 0 atom stereocenters. The Balaban J connectivity index is 1.66. The zero-order valence-electron chi connectivity index (χ0n) is 14.6. The first-order valence-corrected chi connectivity index (χ1v) is 8.49. The summed E-state index contributed by atoms with van der Waals surface area (Å²) >= 11 is 0. The molecule has 1 amide bonds. The number of carbonyl (C=O) groups is 1. The number of carbonyl (C=O) groups excluding carboxylic acids is 1. The van der Waals surface area contributed by atoms with Crippen LogP contribution in [0.25, 0.3) is 11.3 Å². The van der Waals surface area contributed by atoms with E-state index in [4.69, 9.17) is 0 Å². The molecule has 3 rings (SSSR count). The first kappa shape index (κ1) is 16.9. The van der Waals surface area contributed by atoms with Gasteiger partial charge in [0.05, 0.1) is 5.69 Å². The van der Waals surface area contributed by atoms with Gasteiger partial charge in [-0.1, -0.05) is 29.8 Å². The maximum atomic E-state index is 12.3. The monoisotopic (exact) mass is 334 g/mol. The van der Waals surface area contributed by atoms with Gasteiger partial charge < -0.3 is 5.32 Å². The van der Waals surface area contributed by atoms with Crippen LogP contribution in [0.5, 0.6) is 0 Å². The molecule has 0 bridgehead atoms. The Morgan fingerprint density at radius 1 is 1.12 bits per heavy atom. The van der Waals surface area contributed by atoms with E-state index in [1.165, 1.54) is 11.1 Å². The van der Waals surface area contributed by atoms with E-state index in [1.54, 1.807) is 17.1 Å². The van der Waals surface area contributed by atoms with Crippen molar-refractivity contribution in [3.8, 4) is 11.3 Å². The van der Waals surface area contributed by atoms with Crippen molar-refractivity contribution in [2.45, 2.75) is 33.2 Å². The van der Waals surface area contributed by atoms with E-state index < -0.39 is 0 Å². The summed E-state index contributed by atoms with van der Waals surface area (Å²) in [6.07, 6.45) is 4.65. The van der Waals surface area contributed by atoms with Crippen molar-refractivity contribution in [2.24, 2.45) is 0 Å². The van der Waals surface area contributed by atoms with E-state index in [9.17, 15) is 4.79 Å². The third kappa shape index (κ3) is 4.32. The van der Waals surface area contributed by atoms with Crippen molar-refractivity contribution in [1.29, 1.82) is 0 Å². The maximum Gasteiger partial charge on any atom is 0.225 e. The quantitative estimate of drug-likeness (QED) is 0.745. The molecule has 1 aromatic carbocycles. The molecule has 0 unspecified atom stereocenters. The van der Waals surface area contributed by atoms with Gasteiger partial charge in [0.15, 0.2) is 0 Å². The molecule has 0 aliphatic rings. The largest absolute Gasteiger partial charge is 0.311 e. The minimum absolute atomic E-state index is 0.00328. The van der Waals surface area contributed by atoms with Crippen molar-refractivity contribution in [3.63, 3.8) is 0 Å². The molecule has 1 N–H and O–H groups in total. The van der Waals surface area contributed by atoms with Gasteiger partial charge in [0.1, 0.15) is 5.82 Å². The number of benzene rings is 1. The highest BCUT2D eigenvalue weighted by atomic mass is 16.1. The minimum Gasteiger partial charge on any atom is -0.311 e. The van der Waals surface area contributed by atoms with E-state index in [1.807, 2.05) is 25.1 Å². The summed E-state index contributed by atoms with van der Waals surface area (Å²) in [7, 11) is 0. The number of nitrogens with one attached hydrogen (secondary N) is 1. The molecule has 3 aromatic rings. The second-order valence-corrected chi connectivity index (χ2v) is 6.00. The standard InChI is InChI=1S/C20H22N4O/c1-3-24-19(14-18(23-24)17-10-12-21-13-11-17)22-20(25)9-8-16-6-4-15(2)5-7-16/h4-7,10-14H,3,8-9H2,1-2H3,(H,22,25). The van der Waals surface area contributed by atoms with Crippen LogP contribution in [0.15, 0.2) is 54.9 Å². The van der Waals surface area contributed by atoms with Crippen molar-refractivity contribution >= 4 is 11.7 Å². The van der Waals surface area contributed by atoms with E-state index >= 15 is 0 Å². The van der Waals surface area contributed by atoms with Crippen molar-refractivity contribution in [1.82, 2.24) is 14.8 Å². The Hall–Kier alpha value is -2.95. The number of nitrogens with zero attached hydrogens (tertiary/aromatic N) is 3. The Morgan fingerprint density at radius 3 is 2.52 bits per heavy atom. The number of hydrogen-bond donors (Lipinski definition) is 1. The van der Waals surface area contributed by atoms with E-state index in [-0.39, 0.29) is 5.91 Å². The molecule has 2 heterocycles. The first-order chi connectivity index (χ1) is 12.2. The number of anilines is 1. The van der Waals surface area contributed by atoms with Crippen LogP contribution in [0.4, 0.5) is 5.82 Å². The first-order valence-electron chi connectivity index (χ1n) is 8.49. The predicted octanol–water partition coefficient (Wildman–Crippen LogP) is 3.84. The van der Waals surface area contributed by atoms with Crippen LogP contribution in [-0.2, 0) is 17.8 Å². The second-order valence-electron chi connectivity index (χ2n) is 6.00. The van der Waals surface area contributed by atoms with E-state index in [0.29, 0.717) is 13.0 Å². The summed E-state index contributed by atoms with van der Waals surface area (Å²) < 4.78 is 1.81. The summed E-state index contributed by atoms with van der Waals surface area (Å²) in [4.78, 5) is 16.3. The highest BCUT2D eigenvalue weighted by molar-refractivity contribution is 5.90. The summed E-state index contributed by atoms with van der Waals surface area (Å²) in [5, 5.41) is 7.53. The normalized spacial score (nSPS) is 10.6. The van der Waals surface area contributed by atoms with Gasteiger partial charge in [-0.15, -0.1) is 0 Å². The number of hydrogen-bond acceptors (Lipinski definition) is 3. The fourth-order valence-corrected chi connectivity index (χ4v) is 2.64. The molecule has 128 valence electrons. The minimum atomic E-state index is -0.00328. The zero-order chi connectivity index (χ0) is 17.6. The van der Waals surface area contributed by atoms with Gasteiger partial charge >= 0.3 is 0 Å². The number of pyridine rings is 1. The molecule has 0 aliphatic carbocycles. The van der Waals surface area contributed by atoms with Crippen molar-refractivity contribution in [2.75, 3.05) is 5.32 Å². The summed E-state index contributed by atoms with van der Waals surface area (Å²) in [5.41, 5.74) is 4.21. The molecule has 0 spiro atoms. The Kier molecular flexibility index (Phi) is 5.23. The van der Waals surface area contributed by atoms with Crippen LogP contribution in [0.1, 0.15) is 24.5 Å². The highest BCUT2D eigenvalue weighted by Crippen LogP contribution is 2.21. The van der Waals surface area contributed by atoms with Gasteiger partial charge in [-0.05, 0) is 38.0 Å². The summed E-state index contributed by atoms with van der Waals surface area (Å²) in [6.45, 7) is 4.76. The highest BCUT2D eigenvalue weighted by Gasteiger charge is 2.11. The SMILES string of the molecule is CCn1nc(-c2ccncc2)cc1NC(=O)CCc1ccc(C)cc1. The van der Waals surface area contributed by atoms with Gasteiger partial charge in [0, 0.05) is 37.0 Å². The smallest absolute Gasteiger partial charge is 0.225 e. The lowest BCUT2D eigenvalue weighted by Gasteiger charge is -2.07. The van der Waals surface area contributed by atoms with Gasteiger partial charge in [0.25, 0.3) is 0 Å². The fourth-order valence-electron chi connectivity index (χ4n) is 2.64. The summed E-state index contributed by atoms with van der Waals surface area (Å²) in [5.74, 6) is 0.722. The average Bonchev–Trinajstić information content (AvgIpc) is 3.05. The molecule has 25 heavy (non-hydrogen) atoms. The molecule has 0 aliphatic heterocycles. The third-order valence-electron chi connectivity index (χ3n) is 4.08. The van der Waals surface area contributed by atoms with Crippen LogP contribution >= 0.6 is 0 Å². The van der Waals surface area contributed by atoms with Gasteiger partial charge in [-0.3, -0.25) is 9.78 Å². The molecule has 2 aromatic heterocycles. The Morgan fingerprint density at radius 2 is 1.84 bits per heavy atom. The average molecular weight is 334 g/mol. The van der Waals surface area contributed by atoms with Crippen LogP contribution < -0.4 is 5.32 Å². The number of amides is 1. The molecular formula is C20H22N4O. The van der Waals surface area contributed by atoms with Crippen LogP contribution in [-0.4, -0.2) is 20.7 Å². The number of aryl methyl sites for hydroxylation is 3. The molecule has 0 fully saturated rings. The third-order valence-corrected chi connectivity index (χ3v) is 4.08. The van der Waals surface area contributed by atoms with Crippen molar-refractivity contribution in [3.05, 3.63) is 66.0 Å². The second kappa shape index (κ2) is 7.75. The summed E-state index contributed by atoms with van der Waals surface area (Å²) in [6, 6.07) is 14.0. The van der Waals surface area contributed by atoms with Crippen LogP contribution in [0.3, 0.4) is 0 Å². The zero-order valence-corrected chi connectivity index (χ0v) is 14.6. The molecule has 5 heteroatoms. The maximum absolute atomic E-state index is 12.3.